The van der Waals surface area contributed by atoms with Crippen molar-refractivity contribution >= 4 is 11.6 Å². The fourth-order valence-corrected chi connectivity index (χ4v) is 2.24. The quantitative estimate of drug-likeness (QED) is 0.518. The van der Waals surface area contributed by atoms with Crippen molar-refractivity contribution in [1.29, 1.82) is 0 Å². The van der Waals surface area contributed by atoms with E-state index in [4.69, 9.17) is 5.84 Å². The van der Waals surface area contributed by atoms with Crippen LogP contribution >= 0.6 is 0 Å². The zero-order valence-electron chi connectivity index (χ0n) is 11.3. The Morgan fingerprint density at radius 3 is 2.52 bits per heavy atom. The Kier molecular flexibility index (Phi) is 3.96. The van der Waals surface area contributed by atoms with E-state index in [0.717, 1.165) is 22.0 Å². The predicted octanol–water partition coefficient (Wildman–Crippen LogP) is 2.65. The highest BCUT2D eigenvalue weighted by molar-refractivity contribution is 5.55. The van der Waals surface area contributed by atoms with E-state index >= 15 is 0 Å². The Labute approximate surface area is 118 Å². The van der Waals surface area contributed by atoms with Crippen LogP contribution < -0.4 is 15.8 Å². The third-order valence-electron chi connectivity index (χ3n) is 3.22. The van der Waals surface area contributed by atoms with E-state index in [1.54, 1.807) is 0 Å². The Bertz CT molecular complexity index is 515. The van der Waals surface area contributed by atoms with Gasteiger partial charge < -0.3 is 4.90 Å². The third-order valence-corrected chi connectivity index (χ3v) is 3.22. The van der Waals surface area contributed by atoms with Gasteiger partial charge in [-0.1, -0.05) is 0 Å². The Balaban J connectivity index is 2.45. The van der Waals surface area contributed by atoms with Gasteiger partial charge in [0.1, 0.15) is 11.6 Å². The number of pyridine rings is 1. The minimum absolute atomic E-state index is 0.0758. The van der Waals surface area contributed by atoms with Crippen LogP contribution in [0.15, 0.2) is 12.1 Å². The largest absolute Gasteiger partial charge is 0.419 e. The number of halogens is 5. The van der Waals surface area contributed by atoms with E-state index in [9.17, 15) is 22.0 Å². The maximum absolute atomic E-state index is 13.4. The minimum atomic E-state index is -4.67. The van der Waals surface area contributed by atoms with Gasteiger partial charge in [0, 0.05) is 20.0 Å². The second-order valence-corrected chi connectivity index (χ2v) is 5.03. The lowest BCUT2D eigenvalue weighted by Gasteiger charge is -2.34. The van der Waals surface area contributed by atoms with Crippen molar-refractivity contribution in [3.05, 3.63) is 17.7 Å². The molecule has 0 aromatic carbocycles. The second-order valence-electron chi connectivity index (χ2n) is 5.03. The summed E-state index contributed by atoms with van der Waals surface area (Å²) in [4.78, 5) is 4.77. The van der Waals surface area contributed by atoms with Gasteiger partial charge in [0.15, 0.2) is 0 Å². The number of aromatic nitrogens is 1. The number of hydrazine groups is 1. The molecule has 1 aromatic heterocycles. The number of rotatable bonds is 2. The first-order valence-electron chi connectivity index (χ1n) is 6.29. The molecule has 118 valence electrons. The van der Waals surface area contributed by atoms with Gasteiger partial charge in [0.05, 0.1) is 12.1 Å². The first kappa shape index (κ1) is 15.7. The zero-order valence-corrected chi connectivity index (χ0v) is 11.3. The second kappa shape index (κ2) is 5.28. The van der Waals surface area contributed by atoms with E-state index < -0.39 is 30.0 Å². The molecule has 2 N–H and O–H groups in total. The van der Waals surface area contributed by atoms with Crippen molar-refractivity contribution in [2.45, 2.75) is 24.9 Å². The molecule has 4 nitrogen and oxygen atoms in total. The summed E-state index contributed by atoms with van der Waals surface area (Å²) >= 11 is 0. The van der Waals surface area contributed by atoms with E-state index in [-0.39, 0.29) is 25.2 Å². The molecular weight excluding hydrogens is 295 g/mol. The van der Waals surface area contributed by atoms with Gasteiger partial charge in [-0.15, -0.1) is 0 Å². The lowest BCUT2D eigenvalue weighted by atomic mass is 10.1. The van der Waals surface area contributed by atoms with Crippen LogP contribution in [0.1, 0.15) is 18.4 Å². The van der Waals surface area contributed by atoms with Crippen molar-refractivity contribution < 1.29 is 22.0 Å². The van der Waals surface area contributed by atoms with Crippen LogP contribution in [0.4, 0.5) is 33.6 Å². The molecular formula is C12H15F5N4. The molecule has 0 aliphatic carbocycles. The fourth-order valence-electron chi connectivity index (χ4n) is 2.24. The third kappa shape index (κ3) is 3.52. The summed E-state index contributed by atoms with van der Waals surface area (Å²) in [6.45, 7) is -0.676. The standard InChI is InChI=1S/C12H15F5N4/c1-20(18)9-4-3-8(12(15,16)17)10(19-9)21-6-2-5-11(13,14)7-21/h3-4H,2,5-7,18H2,1H3. The molecule has 1 aromatic rings. The Morgan fingerprint density at radius 2 is 2.00 bits per heavy atom. The van der Waals surface area contributed by atoms with Crippen LogP contribution in [0.3, 0.4) is 0 Å². The van der Waals surface area contributed by atoms with Crippen molar-refractivity contribution in [1.82, 2.24) is 4.98 Å². The predicted molar refractivity (Wildman–Crippen MR) is 68.2 cm³/mol. The highest BCUT2D eigenvalue weighted by Crippen LogP contribution is 2.39. The molecule has 1 fully saturated rings. The van der Waals surface area contributed by atoms with E-state index in [2.05, 4.69) is 4.98 Å². The lowest BCUT2D eigenvalue weighted by molar-refractivity contribution is -0.137. The first-order chi connectivity index (χ1) is 9.60. The SMILES string of the molecule is CN(N)c1ccc(C(F)(F)F)c(N2CCCC(F)(F)C2)n1. The summed E-state index contributed by atoms with van der Waals surface area (Å²) in [6, 6.07) is 1.92. The van der Waals surface area contributed by atoms with Crippen molar-refractivity contribution in [2.75, 3.05) is 30.0 Å². The molecule has 0 amide bonds. The number of anilines is 2. The lowest BCUT2D eigenvalue weighted by Crippen LogP contribution is -2.44. The molecule has 0 saturated carbocycles. The summed E-state index contributed by atoms with van der Waals surface area (Å²) in [7, 11) is 1.41. The average molecular weight is 310 g/mol. The van der Waals surface area contributed by atoms with E-state index in [0.29, 0.717) is 0 Å². The summed E-state index contributed by atoms with van der Waals surface area (Å²) in [5.74, 6) is 2.00. The summed E-state index contributed by atoms with van der Waals surface area (Å²) < 4.78 is 66.0. The van der Waals surface area contributed by atoms with Crippen LogP contribution in [0.2, 0.25) is 0 Å². The molecule has 1 aliphatic heterocycles. The number of hydrogen-bond acceptors (Lipinski definition) is 4. The van der Waals surface area contributed by atoms with Gasteiger partial charge in [-0.3, -0.25) is 5.01 Å². The normalized spacial score (nSPS) is 18.7. The van der Waals surface area contributed by atoms with E-state index in [1.807, 2.05) is 0 Å². The van der Waals surface area contributed by atoms with Crippen LogP contribution in [-0.4, -0.2) is 31.0 Å². The number of nitrogens with zero attached hydrogens (tertiary/aromatic N) is 3. The van der Waals surface area contributed by atoms with Gasteiger partial charge >= 0.3 is 6.18 Å². The maximum Gasteiger partial charge on any atom is 0.419 e. The van der Waals surface area contributed by atoms with Crippen molar-refractivity contribution in [3.8, 4) is 0 Å². The van der Waals surface area contributed by atoms with E-state index in [1.165, 1.54) is 7.05 Å². The monoisotopic (exact) mass is 310 g/mol. The number of hydrogen-bond donors (Lipinski definition) is 1. The number of piperidine rings is 1. The molecule has 0 unspecified atom stereocenters. The number of nitrogens with two attached hydrogens (primary N) is 1. The minimum Gasteiger partial charge on any atom is -0.350 e. The molecule has 0 bridgehead atoms. The maximum atomic E-state index is 13.4. The molecule has 1 saturated heterocycles. The van der Waals surface area contributed by atoms with Crippen LogP contribution in [0.25, 0.3) is 0 Å². The van der Waals surface area contributed by atoms with Crippen LogP contribution in [0.5, 0.6) is 0 Å². The molecule has 0 atom stereocenters. The first-order valence-corrected chi connectivity index (χ1v) is 6.29. The molecule has 0 radical (unpaired) electrons. The van der Waals surface area contributed by atoms with Gasteiger partial charge in [-0.25, -0.2) is 19.6 Å². The van der Waals surface area contributed by atoms with Gasteiger partial charge in [-0.05, 0) is 18.6 Å². The van der Waals surface area contributed by atoms with Gasteiger partial charge in [-0.2, -0.15) is 13.2 Å². The Morgan fingerprint density at radius 1 is 1.33 bits per heavy atom. The van der Waals surface area contributed by atoms with Gasteiger partial charge in [0.25, 0.3) is 5.92 Å². The number of alkyl halides is 5. The molecule has 21 heavy (non-hydrogen) atoms. The Hall–Kier alpha value is -1.64. The topological polar surface area (TPSA) is 45.4 Å². The van der Waals surface area contributed by atoms with Crippen molar-refractivity contribution in [3.63, 3.8) is 0 Å². The highest BCUT2D eigenvalue weighted by atomic mass is 19.4. The summed E-state index contributed by atoms with van der Waals surface area (Å²) in [5, 5.41) is 1.03. The summed E-state index contributed by atoms with van der Waals surface area (Å²) in [5.41, 5.74) is -1.04. The molecule has 1 aliphatic rings. The fraction of sp³-hybridized carbons (Fsp3) is 0.583. The van der Waals surface area contributed by atoms with Crippen LogP contribution in [0, 0.1) is 0 Å². The smallest absolute Gasteiger partial charge is 0.350 e. The molecule has 9 heteroatoms. The summed E-state index contributed by atoms with van der Waals surface area (Å²) in [6.07, 6.45) is -4.89. The highest BCUT2D eigenvalue weighted by Gasteiger charge is 2.41. The zero-order chi connectivity index (χ0) is 15.8. The molecule has 0 spiro atoms. The average Bonchev–Trinajstić information content (AvgIpc) is 2.35. The van der Waals surface area contributed by atoms with Crippen molar-refractivity contribution in [2.24, 2.45) is 5.84 Å². The molecule has 2 heterocycles. The van der Waals surface area contributed by atoms with Gasteiger partial charge in [0.2, 0.25) is 0 Å². The van der Waals surface area contributed by atoms with Crippen LogP contribution in [-0.2, 0) is 6.18 Å². The molecule has 2 rings (SSSR count).